The zero-order chi connectivity index (χ0) is 33.6. The molecule has 0 aromatic rings. The Hall–Kier alpha value is 0.150. The number of aliphatic hydroxyl groups excluding tert-OH is 1. The van der Waals surface area contributed by atoms with Gasteiger partial charge in [-0.1, -0.05) is 34.6 Å². The first-order chi connectivity index (χ1) is 22.1. The molecule has 47 heavy (non-hydrogen) atoms. The van der Waals surface area contributed by atoms with Crippen molar-refractivity contribution in [3.63, 3.8) is 0 Å². The molecule has 2 N–H and O–H groups in total. The van der Waals surface area contributed by atoms with Gasteiger partial charge in [0, 0.05) is 32.3 Å². The maximum atomic E-state index is 11.1. The van der Waals surface area contributed by atoms with Crippen LogP contribution in [0.4, 0.5) is 0 Å². The number of fused-ring (bicyclic) bond motifs is 4. The highest BCUT2D eigenvalue weighted by molar-refractivity contribution is 7.16. The molecule has 7 nitrogen and oxygen atoms in total. The first kappa shape index (κ1) is 35.5. The second-order valence-corrected chi connectivity index (χ2v) is 19.9. The molecule has 0 bridgehead atoms. The van der Waals surface area contributed by atoms with Gasteiger partial charge in [-0.3, -0.25) is 4.90 Å². The van der Waals surface area contributed by atoms with Crippen LogP contribution in [-0.2, 0) is 18.9 Å². The van der Waals surface area contributed by atoms with Gasteiger partial charge in [0.05, 0.1) is 30.5 Å². The number of aliphatic hydroxyl groups is 2. The van der Waals surface area contributed by atoms with Gasteiger partial charge in [0.1, 0.15) is 6.10 Å². The highest BCUT2D eigenvalue weighted by Gasteiger charge is 2.79. The Bertz CT molecular complexity index is 1140. The minimum absolute atomic E-state index is 0.112. The minimum Gasteiger partial charge on any atom is -0.388 e. The molecule has 270 valence electrons. The summed E-state index contributed by atoms with van der Waals surface area (Å²) in [6, 6.07) is 0.602. The molecule has 0 aromatic heterocycles. The lowest BCUT2D eigenvalue weighted by Crippen LogP contribution is -2.55. The number of hydrogen-bond acceptors (Lipinski definition) is 7. The lowest BCUT2D eigenvalue weighted by atomic mass is 9.45. The van der Waals surface area contributed by atoms with E-state index in [1.165, 1.54) is 38.5 Å². The van der Waals surface area contributed by atoms with Crippen molar-refractivity contribution in [1.82, 2.24) is 4.90 Å². The first-order valence-corrected chi connectivity index (χ1v) is 20.3. The second kappa shape index (κ2) is 12.4. The Labute approximate surface area is 288 Å². The van der Waals surface area contributed by atoms with Crippen molar-refractivity contribution in [2.45, 2.75) is 161 Å². The zero-order valence-corrected chi connectivity index (χ0v) is 31.9. The SMILES string of the molecule is C[C@@H]1CC([C@H](O)C(C)(C)O)OC2C[C@@]3(C)[C@H](CCP)[C@]4(CC[C@]3(C)C21)C[C@@]41CC[C@H](OC2CN(C3CCOCC3)CCO2)C(C)(C)C1. The summed E-state index contributed by atoms with van der Waals surface area (Å²) in [5.74, 6) is 1.65. The average molecular weight is 678 g/mol. The fraction of sp³-hybridized carbons (Fsp3) is 1.00. The van der Waals surface area contributed by atoms with E-state index in [-0.39, 0.29) is 40.8 Å². The third-order valence-electron chi connectivity index (χ3n) is 15.9. The Morgan fingerprint density at radius 2 is 1.74 bits per heavy atom. The van der Waals surface area contributed by atoms with Crippen LogP contribution in [0.15, 0.2) is 0 Å². The van der Waals surface area contributed by atoms with E-state index in [9.17, 15) is 10.2 Å². The Morgan fingerprint density at radius 3 is 2.43 bits per heavy atom. The van der Waals surface area contributed by atoms with Crippen LogP contribution in [0.2, 0.25) is 0 Å². The summed E-state index contributed by atoms with van der Waals surface area (Å²) in [6.07, 6.45) is 13.3. The molecule has 2 spiro atoms. The Kier molecular flexibility index (Phi) is 9.37. The first-order valence-electron chi connectivity index (χ1n) is 19.4. The molecule has 4 saturated carbocycles. The number of rotatable bonds is 7. The number of nitrogens with zero attached hydrogens (tertiary/aromatic N) is 1. The van der Waals surface area contributed by atoms with E-state index in [2.05, 4.69) is 48.8 Å². The Morgan fingerprint density at radius 1 is 1.00 bits per heavy atom. The van der Waals surface area contributed by atoms with Gasteiger partial charge < -0.3 is 29.2 Å². The number of hydrogen-bond donors (Lipinski definition) is 2. The smallest absolute Gasteiger partial charge is 0.170 e. The van der Waals surface area contributed by atoms with E-state index in [1.54, 1.807) is 13.8 Å². The van der Waals surface area contributed by atoms with Gasteiger partial charge in [-0.2, -0.15) is 0 Å². The van der Waals surface area contributed by atoms with Crippen molar-refractivity contribution < 1.29 is 29.2 Å². The van der Waals surface area contributed by atoms with E-state index in [1.807, 2.05) is 0 Å². The predicted molar refractivity (Wildman–Crippen MR) is 188 cm³/mol. The summed E-state index contributed by atoms with van der Waals surface area (Å²) >= 11 is 0. The molecule has 7 aliphatic rings. The van der Waals surface area contributed by atoms with Gasteiger partial charge in [-0.15, -0.1) is 9.24 Å². The third-order valence-corrected chi connectivity index (χ3v) is 16.2. The molecule has 0 amide bonds. The van der Waals surface area contributed by atoms with Crippen LogP contribution in [0.5, 0.6) is 0 Å². The monoisotopic (exact) mass is 677 g/mol. The molecule has 4 aliphatic carbocycles. The van der Waals surface area contributed by atoms with Crippen molar-refractivity contribution in [2.24, 2.45) is 44.8 Å². The van der Waals surface area contributed by atoms with Crippen molar-refractivity contribution in [2.75, 3.05) is 39.1 Å². The number of morpholine rings is 1. The topological polar surface area (TPSA) is 80.6 Å². The fourth-order valence-corrected chi connectivity index (χ4v) is 13.9. The standard InChI is InChI=1S/C39H68NO6P/c1-25-20-27(33(41)35(4,5)42)45-28-21-37(7)29(11-19-47)39(14-13-36(37,6)32(25)28)24-38(39)12-8-30(34(2,3)23-38)46-31-22-40(15-18-44-31)26-9-16-43-17-10-26/h25-33,41-42H,8-24,47H2,1-7H3/t25-,27?,28?,29+,30+,31?,32?,33+,36-,37+,38+,39+/m1/s1. The van der Waals surface area contributed by atoms with E-state index in [4.69, 9.17) is 18.9 Å². The zero-order valence-electron chi connectivity index (χ0n) is 30.8. The van der Waals surface area contributed by atoms with Crippen molar-refractivity contribution in [1.29, 1.82) is 0 Å². The van der Waals surface area contributed by atoms with Crippen molar-refractivity contribution >= 4 is 9.24 Å². The van der Waals surface area contributed by atoms with E-state index < -0.39 is 11.7 Å². The lowest BCUT2D eigenvalue weighted by Gasteiger charge is -2.59. The molecule has 3 saturated heterocycles. The second-order valence-electron chi connectivity index (χ2n) is 19.3. The largest absolute Gasteiger partial charge is 0.388 e. The fourth-order valence-electron chi connectivity index (χ4n) is 13.6. The molecule has 0 radical (unpaired) electrons. The molecule has 7 fully saturated rings. The average Bonchev–Trinajstić information content (AvgIpc) is 3.54. The maximum Gasteiger partial charge on any atom is 0.170 e. The van der Waals surface area contributed by atoms with Crippen LogP contribution < -0.4 is 0 Å². The molecule has 13 atom stereocenters. The summed E-state index contributed by atoms with van der Waals surface area (Å²) in [5, 5.41) is 21.7. The summed E-state index contributed by atoms with van der Waals surface area (Å²) in [4.78, 5) is 2.61. The Balaban J connectivity index is 1.07. The van der Waals surface area contributed by atoms with Crippen LogP contribution in [0.25, 0.3) is 0 Å². The van der Waals surface area contributed by atoms with E-state index in [0.717, 1.165) is 71.2 Å². The molecule has 3 aliphatic heterocycles. The van der Waals surface area contributed by atoms with Gasteiger partial charge in [0.15, 0.2) is 6.29 Å². The van der Waals surface area contributed by atoms with Crippen LogP contribution in [0.1, 0.15) is 119 Å². The third kappa shape index (κ3) is 5.74. The normalized spacial score (nSPS) is 49.5. The summed E-state index contributed by atoms with van der Waals surface area (Å²) in [5.41, 5.74) is 0.194. The molecule has 7 rings (SSSR count). The van der Waals surface area contributed by atoms with Crippen molar-refractivity contribution in [3.8, 4) is 0 Å². The summed E-state index contributed by atoms with van der Waals surface area (Å²) < 4.78 is 25.7. The maximum absolute atomic E-state index is 11.1. The van der Waals surface area contributed by atoms with Gasteiger partial charge in [-0.05, 0) is 135 Å². The molecule has 8 heteroatoms. The quantitative estimate of drug-likeness (QED) is 0.301. The molecular formula is C39H68NO6P. The van der Waals surface area contributed by atoms with Gasteiger partial charge >= 0.3 is 0 Å². The minimum atomic E-state index is -1.16. The van der Waals surface area contributed by atoms with Crippen LogP contribution in [-0.4, -0.2) is 96.5 Å². The molecular weight excluding hydrogens is 609 g/mol. The van der Waals surface area contributed by atoms with Crippen LogP contribution >= 0.6 is 9.24 Å². The summed E-state index contributed by atoms with van der Waals surface area (Å²) in [6.45, 7) is 20.5. The van der Waals surface area contributed by atoms with Gasteiger partial charge in [-0.25, -0.2) is 0 Å². The van der Waals surface area contributed by atoms with Crippen molar-refractivity contribution in [3.05, 3.63) is 0 Å². The van der Waals surface area contributed by atoms with Crippen LogP contribution in [0, 0.1) is 44.8 Å². The van der Waals surface area contributed by atoms with E-state index in [0.29, 0.717) is 34.6 Å². The molecule has 5 unspecified atom stereocenters. The highest BCUT2D eigenvalue weighted by Crippen LogP contribution is 2.85. The van der Waals surface area contributed by atoms with E-state index >= 15 is 0 Å². The van der Waals surface area contributed by atoms with Crippen LogP contribution in [0.3, 0.4) is 0 Å². The van der Waals surface area contributed by atoms with Gasteiger partial charge in [0.2, 0.25) is 0 Å². The predicted octanol–water partition coefficient (Wildman–Crippen LogP) is 6.43. The highest BCUT2D eigenvalue weighted by atomic mass is 31.0. The summed E-state index contributed by atoms with van der Waals surface area (Å²) in [7, 11) is 3.08. The van der Waals surface area contributed by atoms with Gasteiger partial charge in [0.25, 0.3) is 0 Å². The molecule has 0 aromatic carbocycles. The molecule has 3 heterocycles. The lowest BCUT2D eigenvalue weighted by molar-refractivity contribution is -0.236. The number of ether oxygens (including phenoxy) is 4.